The van der Waals surface area contributed by atoms with Crippen molar-refractivity contribution >= 4 is 29.5 Å². The van der Waals surface area contributed by atoms with E-state index in [1.165, 1.54) is 23.1 Å². The van der Waals surface area contributed by atoms with Gasteiger partial charge in [0, 0.05) is 17.4 Å². The highest BCUT2D eigenvalue weighted by Crippen LogP contribution is 2.24. The van der Waals surface area contributed by atoms with E-state index in [1.807, 2.05) is 6.07 Å². The number of thioether (sulfide) groups is 1. The highest BCUT2D eigenvalue weighted by Gasteiger charge is 2.36. The molecular formula is C19H24N2O4S. The first-order valence-corrected chi connectivity index (χ1v) is 10.2. The monoisotopic (exact) mass is 376 g/mol. The van der Waals surface area contributed by atoms with Crippen molar-refractivity contribution in [3.05, 3.63) is 35.9 Å². The molecule has 0 unspecified atom stereocenters. The van der Waals surface area contributed by atoms with Gasteiger partial charge in [0.15, 0.2) is 6.61 Å². The molecule has 2 aliphatic rings. The van der Waals surface area contributed by atoms with Gasteiger partial charge in [0.05, 0.1) is 5.88 Å². The number of amides is 2. The first-order chi connectivity index (χ1) is 12.6. The van der Waals surface area contributed by atoms with E-state index in [2.05, 4.69) is 5.32 Å². The Labute approximate surface area is 157 Å². The first kappa shape index (κ1) is 18.8. The lowest BCUT2D eigenvalue weighted by atomic mass is 9.95. The molecule has 1 aliphatic carbocycles. The van der Waals surface area contributed by atoms with Crippen LogP contribution < -0.4 is 5.32 Å². The summed E-state index contributed by atoms with van der Waals surface area (Å²) in [6.45, 7) is -0.288. The molecule has 0 spiro atoms. The summed E-state index contributed by atoms with van der Waals surface area (Å²) in [5.41, 5.74) is 0.544. The second-order valence-electron chi connectivity index (χ2n) is 6.67. The number of nitrogens with one attached hydrogen (secondary N) is 1. The zero-order chi connectivity index (χ0) is 18.4. The number of carbonyl (C=O) groups is 3. The second kappa shape index (κ2) is 9.07. The lowest BCUT2D eigenvalue weighted by molar-refractivity contribution is -0.152. The average Bonchev–Trinajstić information content (AvgIpc) is 3.17. The van der Waals surface area contributed by atoms with E-state index in [0.717, 1.165) is 25.7 Å². The van der Waals surface area contributed by atoms with Crippen LogP contribution >= 0.6 is 11.8 Å². The summed E-state index contributed by atoms with van der Waals surface area (Å²) in [4.78, 5) is 38.5. The van der Waals surface area contributed by atoms with E-state index in [-0.39, 0.29) is 24.5 Å². The van der Waals surface area contributed by atoms with Crippen molar-refractivity contribution < 1.29 is 19.1 Å². The molecule has 26 heavy (non-hydrogen) atoms. The van der Waals surface area contributed by atoms with Crippen molar-refractivity contribution in [2.24, 2.45) is 0 Å². The topological polar surface area (TPSA) is 75.7 Å². The highest BCUT2D eigenvalue weighted by molar-refractivity contribution is 7.99. The number of esters is 1. The SMILES string of the molecule is O=C(COC(=O)[C@@H]1CSCN1C(=O)c1ccccc1)NC1CCCCC1. The zero-order valence-corrected chi connectivity index (χ0v) is 15.5. The average molecular weight is 376 g/mol. The zero-order valence-electron chi connectivity index (χ0n) is 14.7. The van der Waals surface area contributed by atoms with Crippen LogP contribution in [-0.4, -0.2) is 53.0 Å². The van der Waals surface area contributed by atoms with Crippen LogP contribution in [-0.2, 0) is 14.3 Å². The molecule has 1 saturated heterocycles. The van der Waals surface area contributed by atoms with E-state index in [0.29, 0.717) is 17.2 Å². The van der Waals surface area contributed by atoms with Gasteiger partial charge in [-0.1, -0.05) is 37.5 Å². The summed E-state index contributed by atoms with van der Waals surface area (Å²) in [6.07, 6.45) is 5.43. The Morgan fingerprint density at radius 2 is 1.85 bits per heavy atom. The Bertz CT molecular complexity index is 646. The van der Waals surface area contributed by atoms with Gasteiger partial charge < -0.3 is 15.0 Å². The minimum Gasteiger partial charge on any atom is -0.454 e. The van der Waals surface area contributed by atoms with Gasteiger partial charge in [0.25, 0.3) is 11.8 Å². The van der Waals surface area contributed by atoms with Crippen LogP contribution in [0.1, 0.15) is 42.5 Å². The molecule has 1 aromatic rings. The molecule has 7 heteroatoms. The molecule has 1 saturated carbocycles. The van der Waals surface area contributed by atoms with Crippen LogP contribution in [0.15, 0.2) is 30.3 Å². The van der Waals surface area contributed by atoms with E-state index in [4.69, 9.17) is 4.74 Å². The molecule has 0 aromatic heterocycles. The standard InChI is InChI=1S/C19H24N2O4S/c22-17(20-15-9-5-2-6-10-15)11-25-19(24)16-12-26-13-21(16)18(23)14-7-3-1-4-8-14/h1,3-4,7-8,15-16H,2,5-6,9-13H2,(H,20,22)/t16-/m0/s1. The fourth-order valence-electron chi connectivity index (χ4n) is 3.33. The Kier molecular flexibility index (Phi) is 6.55. The summed E-state index contributed by atoms with van der Waals surface area (Å²) < 4.78 is 5.19. The molecule has 2 amide bonds. The van der Waals surface area contributed by atoms with Crippen molar-refractivity contribution in [3.63, 3.8) is 0 Å². The lowest BCUT2D eigenvalue weighted by Gasteiger charge is -2.24. The molecule has 0 radical (unpaired) electrons. The van der Waals surface area contributed by atoms with E-state index in [1.54, 1.807) is 24.3 Å². The highest BCUT2D eigenvalue weighted by atomic mass is 32.2. The fraction of sp³-hybridized carbons (Fsp3) is 0.526. The van der Waals surface area contributed by atoms with Crippen LogP contribution in [0.5, 0.6) is 0 Å². The van der Waals surface area contributed by atoms with Crippen LogP contribution in [0.2, 0.25) is 0 Å². The van der Waals surface area contributed by atoms with Gasteiger partial charge in [-0.25, -0.2) is 4.79 Å². The molecule has 140 valence electrons. The third-order valence-electron chi connectivity index (χ3n) is 4.75. The van der Waals surface area contributed by atoms with Gasteiger partial charge in [-0.05, 0) is 25.0 Å². The molecule has 1 heterocycles. The van der Waals surface area contributed by atoms with Crippen LogP contribution in [0.25, 0.3) is 0 Å². The molecule has 1 aliphatic heterocycles. The number of rotatable bonds is 5. The normalized spacial score (nSPS) is 20.6. The molecule has 1 N–H and O–H groups in total. The first-order valence-electron chi connectivity index (χ1n) is 9.05. The van der Waals surface area contributed by atoms with Crippen LogP contribution in [0, 0.1) is 0 Å². The maximum absolute atomic E-state index is 12.6. The van der Waals surface area contributed by atoms with Crippen molar-refractivity contribution in [1.82, 2.24) is 10.2 Å². The maximum atomic E-state index is 12.6. The van der Waals surface area contributed by atoms with Crippen molar-refractivity contribution in [2.75, 3.05) is 18.2 Å². The van der Waals surface area contributed by atoms with Gasteiger partial charge in [-0.15, -0.1) is 11.8 Å². The van der Waals surface area contributed by atoms with E-state index < -0.39 is 12.0 Å². The third kappa shape index (κ3) is 4.78. The number of hydrogen-bond donors (Lipinski definition) is 1. The quantitative estimate of drug-likeness (QED) is 0.798. The molecule has 6 nitrogen and oxygen atoms in total. The van der Waals surface area contributed by atoms with E-state index in [9.17, 15) is 14.4 Å². The van der Waals surface area contributed by atoms with Crippen molar-refractivity contribution in [2.45, 2.75) is 44.2 Å². The second-order valence-corrected chi connectivity index (χ2v) is 7.67. The predicted octanol–water partition coefficient (Wildman–Crippen LogP) is 2.19. The summed E-state index contributed by atoms with van der Waals surface area (Å²) in [5.74, 6) is -0.0391. The summed E-state index contributed by atoms with van der Waals surface area (Å²) in [7, 11) is 0. The van der Waals surface area contributed by atoms with Gasteiger partial charge in [-0.2, -0.15) is 0 Å². The lowest BCUT2D eigenvalue weighted by Crippen LogP contribution is -2.44. The number of carbonyl (C=O) groups excluding carboxylic acids is 3. The molecular weight excluding hydrogens is 352 g/mol. The van der Waals surface area contributed by atoms with E-state index >= 15 is 0 Å². The number of benzene rings is 1. The maximum Gasteiger partial charge on any atom is 0.330 e. The molecule has 1 aromatic carbocycles. The Balaban J connectivity index is 1.50. The van der Waals surface area contributed by atoms with Gasteiger partial charge >= 0.3 is 5.97 Å². The summed E-state index contributed by atoms with van der Waals surface area (Å²) in [5, 5.41) is 2.92. The number of hydrogen-bond acceptors (Lipinski definition) is 5. The minimum absolute atomic E-state index is 0.188. The largest absolute Gasteiger partial charge is 0.454 e. The van der Waals surface area contributed by atoms with Crippen molar-refractivity contribution in [3.8, 4) is 0 Å². The minimum atomic E-state index is -0.643. The van der Waals surface area contributed by atoms with Crippen LogP contribution in [0.4, 0.5) is 0 Å². The van der Waals surface area contributed by atoms with Gasteiger partial charge in [-0.3, -0.25) is 9.59 Å². The molecule has 0 bridgehead atoms. The number of ether oxygens (including phenoxy) is 1. The molecule has 2 fully saturated rings. The summed E-state index contributed by atoms with van der Waals surface area (Å²) in [6, 6.07) is 8.42. The van der Waals surface area contributed by atoms with Gasteiger partial charge in [0.2, 0.25) is 0 Å². The predicted molar refractivity (Wildman–Crippen MR) is 99.7 cm³/mol. The Morgan fingerprint density at radius 3 is 2.58 bits per heavy atom. The Hall–Kier alpha value is -2.02. The van der Waals surface area contributed by atoms with Gasteiger partial charge in [0.1, 0.15) is 6.04 Å². The Morgan fingerprint density at radius 1 is 1.12 bits per heavy atom. The van der Waals surface area contributed by atoms with Crippen LogP contribution in [0.3, 0.4) is 0 Å². The molecule has 1 atom stereocenters. The third-order valence-corrected chi connectivity index (χ3v) is 5.76. The smallest absolute Gasteiger partial charge is 0.330 e. The molecule has 3 rings (SSSR count). The van der Waals surface area contributed by atoms with Crippen molar-refractivity contribution in [1.29, 1.82) is 0 Å². The number of nitrogens with zero attached hydrogens (tertiary/aromatic N) is 1. The summed E-state index contributed by atoms with van der Waals surface area (Å²) >= 11 is 1.51. The fourth-order valence-corrected chi connectivity index (χ4v) is 4.47.